The summed E-state index contributed by atoms with van der Waals surface area (Å²) in [5.41, 5.74) is 10.2. The molecule has 0 radical (unpaired) electrons. The van der Waals surface area contributed by atoms with Crippen LogP contribution >= 0.6 is 0 Å². The van der Waals surface area contributed by atoms with Gasteiger partial charge in [0, 0.05) is 28.2 Å². The first kappa shape index (κ1) is 21.0. The number of rotatable bonds is 3. The molecule has 0 aliphatic carbocycles. The SMILES string of the molecule is Cn1c(N)c(C(c2ccc3c(c2)OCO3)c2c(N)n(C)c(=O)n(C)c2=O)c(=O)n(C)c1=O. The van der Waals surface area contributed by atoms with Gasteiger partial charge in [0.15, 0.2) is 11.5 Å². The van der Waals surface area contributed by atoms with Gasteiger partial charge in [0.05, 0.1) is 17.0 Å². The van der Waals surface area contributed by atoms with Crippen LogP contribution in [0, 0.1) is 0 Å². The highest BCUT2D eigenvalue weighted by atomic mass is 16.7. The molecular formula is C20H22N6O6. The fraction of sp³-hybridized carbons (Fsp3) is 0.300. The van der Waals surface area contributed by atoms with Crippen LogP contribution in [0.5, 0.6) is 11.5 Å². The van der Waals surface area contributed by atoms with Crippen LogP contribution in [0.3, 0.4) is 0 Å². The Hall–Kier alpha value is -4.22. The summed E-state index contributed by atoms with van der Waals surface area (Å²) in [6.45, 7) is 0.0247. The summed E-state index contributed by atoms with van der Waals surface area (Å²) in [4.78, 5) is 51.2. The number of nitrogen functional groups attached to an aromatic ring is 2. The van der Waals surface area contributed by atoms with Crippen molar-refractivity contribution in [2.24, 2.45) is 28.2 Å². The maximum Gasteiger partial charge on any atom is 0.332 e. The number of nitrogens with zero attached hydrogens (tertiary/aromatic N) is 4. The smallest absolute Gasteiger partial charge is 0.332 e. The van der Waals surface area contributed by atoms with E-state index in [0.717, 1.165) is 18.3 Å². The first-order valence-corrected chi connectivity index (χ1v) is 9.56. The molecule has 2 aromatic heterocycles. The minimum atomic E-state index is -1.10. The van der Waals surface area contributed by atoms with E-state index in [-0.39, 0.29) is 29.6 Å². The highest BCUT2D eigenvalue weighted by Gasteiger charge is 2.32. The highest BCUT2D eigenvalue weighted by Crippen LogP contribution is 2.39. The Morgan fingerprint density at radius 2 is 1.22 bits per heavy atom. The number of anilines is 2. The molecule has 32 heavy (non-hydrogen) atoms. The third kappa shape index (κ3) is 2.83. The Morgan fingerprint density at radius 3 is 1.72 bits per heavy atom. The van der Waals surface area contributed by atoms with Crippen molar-refractivity contribution < 1.29 is 9.47 Å². The topological polar surface area (TPSA) is 158 Å². The van der Waals surface area contributed by atoms with Crippen LogP contribution in [0.15, 0.2) is 37.4 Å². The van der Waals surface area contributed by atoms with Gasteiger partial charge in [-0.2, -0.15) is 0 Å². The van der Waals surface area contributed by atoms with Crippen molar-refractivity contribution in [1.29, 1.82) is 0 Å². The van der Waals surface area contributed by atoms with Crippen LogP contribution in [0.2, 0.25) is 0 Å². The van der Waals surface area contributed by atoms with Crippen molar-refractivity contribution in [3.8, 4) is 11.5 Å². The molecule has 1 aliphatic rings. The van der Waals surface area contributed by atoms with Crippen LogP contribution in [0.25, 0.3) is 0 Å². The van der Waals surface area contributed by atoms with Crippen LogP contribution in [-0.2, 0) is 28.2 Å². The molecule has 3 aromatic rings. The zero-order chi connectivity index (χ0) is 23.5. The molecule has 0 spiro atoms. The summed E-state index contributed by atoms with van der Waals surface area (Å²) in [7, 11) is 5.46. The van der Waals surface area contributed by atoms with E-state index in [4.69, 9.17) is 20.9 Å². The zero-order valence-electron chi connectivity index (χ0n) is 17.9. The lowest BCUT2D eigenvalue weighted by Crippen LogP contribution is -2.44. The molecule has 0 amide bonds. The van der Waals surface area contributed by atoms with Gasteiger partial charge in [-0.25, -0.2) is 9.59 Å². The van der Waals surface area contributed by atoms with Gasteiger partial charge in [-0.3, -0.25) is 27.9 Å². The lowest BCUT2D eigenvalue weighted by atomic mass is 9.86. The number of ether oxygens (including phenoxy) is 2. The van der Waals surface area contributed by atoms with Crippen molar-refractivity contribution in [3.63, 3.8) is 0 Å². The highest BCUT2D eigenvalue weighted by molar-refractivity contribution is 5.59. The quantitative estimate of drug-likeness (QED) is 0.499. The molecule has 1 aromatic carbocycles. The lowest BCUT2D eigenvalue weighted by Gasteiger charge is -2.23. The van der Waals surface area contributed by atoms with Gasteiger partial charge in [0.1, 0.15) is 11.6 Å². The average molecular weight is 442 g/mol. The maximum absolute atomic E-state index is 13.2. The number of hydrogen-bond donors (Lipinski definition) is 2. The third-order valence-corrected chi connectivity index (χ3v) is 5.80. The van der Waals surface area contributed by atoms with Gasteiger partial charge in [-0.15, -0.1) is 0 Å². The summed E-state index contributed by atoms with van der Waals surface area (Å²) in [5.74, 6) is -0.448. The summed E-state index contributed by atoms with van der Waals surface area (Å²) in [6.07, 6.45) is 0. The van der Waals surface area contributed by atoms with Crippen molar-refractivity contribution in [1.82, 2.24) is 18.3 Å². The summed E-state index contributed by atoms with van der Waals surface area (Å²) < 4.78 is 14.8. The summed E-state index contributed by atoms with van der Waals surface area (Å²) >= 11 is 0. The van der Waals surface area contributed by atoms with Gasteiger partial charge in [0.25, 0.3) is 11.1 Å². The second kappa shape index (κ2) is 7.18. The largest absolute Gasteiger partial charge is 0.454 e. The Labute approximate surface area is 180 Å². The van der Waals surface area contributed by atoms with E-state index in [2.05, 4.69) is 0 Å². The molecule has 168 valence electrons. The molecule has 0 saturated carbocycles. The lowest BCUT2D eigenvalue weighted by molar-refractivity contribution is 0.174. The third-order valence-electron chi connectivity index (χ3n) is 5.80. The molecule has 0 saturated heterocycles. The van der Waals surface area contributed by atoms with E-state index >= 15 is 0 Å². The maximum atomic E-state index is 13.2. The molecule has 4 N–H and O–H groups in total. The molecular weight excluding hydrogens is 420 g/mol. The van der Waals surface area contributed by atoms with Gasteiger partial charge in [-0.1, -0.05) is 6.07 Å². The Morgan fingerprint density at radius 1 is 0.750 bits per heavy atom. The molecule has 0 unspecified atom stereocenters. The molecule has 1 aliphatic heterocycles. The van der Waals surface area contributed by atoms with Crippen LogP contribution in [-0.4, -0.2) is 25.1 Å². The Balaban J connectivity index is 2.18. The van der Waals surface area contributed by atoms with Gasteiger partial charge in [-0.05, 0) is 17.7 Å². The van der Waals surface area contributed by atoms with E-state index in [1.807, 2.05) is 0 Å². The Kier molecular flexibility index (Phi) is 4.72. The van der Waals surface area contributed by atoms with Crippen LogP contribution in [0.1, 0.15) is 22.6 Å². The minimum Gasteiger partial charge on any atom is -0.454 e. The number of hydrogen-bond acceptors (Lipinski definition) is 8. The van der Waals surface area contributed by atoms with Crippen molar-refractivity contribution in [3.05, 3.63) is 76.6 Å². The van der Waals surface area contributed by atoms with Crippen molar-refractivity contribution in [2.45, 2.75) is 5.92 Å². The molecule has 12 heteroatoms. The van der Waals surface area contributed by atoms with Crippen molar-refractivity contribution >= 4 is 11.6 Å². The second-order valence-corrected chi connectivity index (χ2v) is 7.56. The number of fused-ring (bicyclic) bond motifs is 1. The first-order valence-electron chi connectivity index (χ1n) is 9.56. The number of nitrogens with two attached hydrogens (primary N) is 2. The standard InChI is InChI=1S/C20H22N6O6/c1-23-15(21)13(17(27)25(3)19(23)29)12(9-5-6-10-11(7-9)32-8-31-10)14-16(22)24(2)20(30)26(4)18(14)28/h5-7,12H,8,21-22H2,1-4H3. The predicted molar refractivity (Wildman–Crippen MR) is 116 cm³/mol. The molecule has 3 heterocycles. The van der Waals surface area contributed by atoms with E-state index in [9.17, 15) is 19.2 Å². The zero-order valence-corrected chi connectivity index (χ0v) is 17.9. The average Bonchev–Trinajstić information content (AvgIpc) is 3.26. The summed E-state index contributed by atoms with van der Waals surface area (Å²) in [5, 5.41) is 0. The van der Waals surface area contributed by atoms with Crippen LogP contribution < -0.4 is 43.4 Å². The molecule has 4 rings (SSSR count). The van der Waals surface area contributed by atoms with Gasteiger partial charge < -0.3 is 20.9 Å². The number of aromatic nitrogens is 4. The fourth-order valence-electron chi connectivity index (χ4n) is 3.88. The van der Waals surface area contributed by atoms with Crippen LogP contribution in [0.4, 0.5) is 11.6 Å². The number of benzene rings is 1. The molecule has 0 fully saturated rings. The van der Waals surface area contributed by atoms with E-state index < -0.39 is 28.4 Å². The van der Waals surface area contributed by atoms with E-state index in [0.29, 0.717) is 17.1 Å². The second-order valence-electron chi connectivity index (χ2n) is 7.56. The summed E-state index contributed by atoms with van der Waals surface area (Å²) in [6, 6.07) is 4.89. The van der Waals surface area contributed by atoms with Crippen molar-refractivity contribution in [2.75, 3.05) is 18.3 Å². The van der Waals surface area contributed by atoms with Gasteiger partial charge >= 0.3 is 11.4 Å². The monoisotopic (exact) mass is 442 g/mol. The van der Waals surface area contributed by atoms with Gasteiger partial charge in [0.2, 0.25) is 6.79 Å². The molecule has 0 bridgehead atoms. The van der Waals surface area contributed by atoms with E-state index in [1.54, 1.807) is 18.2 Å². The Bertz CT molecular complexity index is 1420. The predicted octanol–water partition coefficient (Wildman–Crippen LogP) is -1.45. The normalized spacial score (nSPS) is 12.5. The first-order chi connectivity index (χ1) is 15.1. The van der Waals surface area contributed by atoms with E-state index in [1.165, 1.54) is 28.2 Å². The molecule has 0 atom stereocenters. The fourth-order valence-corrected chi connectivity index (χ4v) is 3.88. The minimum absolute atomic E-state index is 0.0247. The molecule has 12 nitrogen and oxygen atoms in total.